The molecule has 1 aliphatic heterocycles. The van der Waals surface area contributed by atoms with E-state index >= 15 is 0 Å². The van der Waals surface area contributed by atoms with E-state index < -0.39 is 0 Å². The molecule has 1 rings (SSSR count). The zero-order chi connectivity index (χ0) is 12.0. The van der Waals surface area contributed by atoms with E-state index in [1.54, 1.807) is 0 Å². The normalized spacial score (nSPS) is 24.4. The second kappa shape index (κ2) is 6.58. The van der Waals surface area contributed by atoms with Gasteiger partial charge in [0.2, 0.25) is 0 Å². The first kappa shape index (κ1) is 13.9. The van der Waals surface area contributed by atoms with E-state index in [0.29, 0.717) is 12.1 Å². The first-order valence-corrected chi connectivity index (χ1v) is 6.57. The molecule has 2 atom stereocenters. The lowest BCUT2D eigenvalue weighted by molar-refractivity contribution is 0.0156. The van der Waals surface area contributed by atoms with Crippen molar-refractivity contribution in [1.29, 1.82) is 0 Å². The maximum absolute atomic E-state index is 5.69. The Morgan fingerprint density at radius 1 is 1.31 bits per heavy atom. The molecule has 0 aromatic heterocycles. The van der Waals surface area contributed by atoms with Crippen molar-refractivity contribution in [3.05, 3.63) is 0 Å². The van der Waals surface area contributed by atoms with Gasteiger partial charge in [0.15, 0.2) is 0 Å². The minimum atomic E-state index is 0.206. The highest BCUT2D eigenvalue weighted by molar-refractivity contribution is 4.76. The van der Waals surface area contributed by atoms with Gasteiger partial charge in [0, 0.05) is 31.3 Å². The molecule has 0 bridgehead atoms. The van der Waals surface area contributed by atoms with Crippen LogP contribution in [0.1, 0.15) is 47.0 Å². The van der Waals surface area contributed by atoms with Gasteiger partial charge in [-0.3, -0.25) is 0 Å². The Morgan fingerprint density at radius 2 is 2.06 bits per heavy atom. The molecule has 0 spiro atoms. The molecule has 2 N–H and O–H groups in total. The lowest BCUT2D eigenvalue weighted by atomic mass is 10.1. The molecule has 0 radical (unpaired) electrons. The van der Waals surface area contributed by atoms with Crippen LogP contribution in [0.2, 0.25) is 0 Å². The third-order valence-electron chi connectivity index (χ3n) is 2.91. The predicted octanol–water partition coefficient (Wildman–Crippen LogP) is 1.92. The van der Waals surface area contributed by atoms with Gasteiger partial charge < -0.3 is 15.4 Å². The Labute approximate surface area is 100 Å². The maximum atomic E-state index is 5.69. The van der Waals surface area contributed by atoms with Crippen molar-refractivity contribution in [2.45, 2.75) is 64.6 Å². The SMILES string of the molecule is CC(CNC(C)(C)C)NCC1CCCCO1. The molecule has 0 saturated carbocycles. The summed E-state index contributed by atoms with van der Waals surface area (Å²) in [4.78, 5) is 0. The second-order valence-corrected chi connectivity index (χ2v) is 5.93. The summed E-state index contributed by atoms with van der Waals surface area (Å²) in [5.41, 5.74) is 0.206. The fraction of sp³-hybridized carbons (Fsp3) is 1.00. The van der Waals surface area contributed by atoms with Crippen LogP contribution in [0.15, 0.2) is 0 Å². The smallest absolute Gasteiger partial charge is 0.0699 e. The van der Waals surface area contributed by atoms with Crippen molar-refractivity contribution in [2.75, 3.05) is 19.7 Å². The summed E-state index contributed by atoms with van der Waals surface area (Å²) in [5.74, 6) is 0. The molecule has 0 amide bonds. The molecule has 2 unspecified atom stereocenters. The zero-order valence-electron chi connectivity index (χ0n) is 11.3. The van der Waals surface area contributed by atoms with E-state index in [1.807, 2.05) is 0 Å². The minimum absolute atomic E-state index is 0.206. The topological polar surface area (TPSA) is 33.3 Å². The van der Waals surface area contributed by atoms with Crippen LogP contribution in [0.25, 0.3) is 0 Å². The van der Waals surface area contributed by atoms with Crippen LogP contribution >= 0.6 is 0 Å². The van der Waals surface area contributed by atoms with Crippen LogP contribution < -0.4 is 10.6 Å². The number of hydrogen-bond acceptors (Lipinski definition) is 3. The number of hydrogen-bond donors (Lipinski definition) is 2. The zero-order valence-corrected chi connectivity index (χ0v) is 11.3. The van der Waals surface area contributed by atoms with Crippen LogP contribution in [0.5, 0.6) is 0 Å². The average molecular weight is 228 g/mol. The first-order valence-electron chi connectivity index (χ1n) is 6.57. The summed E-state index contributed by atoms with van der Waals surface area (Å²) in [6.07, 6.45) is 4.20. The molecule has 0 aromatic rings. The van der Waals surface area contributed by atoms with Gasteiger partial charge in [-0.1, -0.05) is 0 Å². The Bertz CT molecular complexity index is 183. The molecule has 1 aliphatic rings. The number of rotatable bonds is 5. The monoisotopic (exact) mass is 228 g/mol. The van der Waals surface area contributed by atoms with Gasteiger partial charge in [-0.25, -0.2) is 0 Å². The summed E-state index contributed by atoms with van der Waals surface area (Å²) in [6.45, 7) is 11.8. The number of nitrogens with one attached hydrogen (secondary N) is 2. The minimum Gasteiger partial charge on any atom is -0.377 e. The fourth-order valence-corrected chi connectivity index (χ4v) is 1.83. The molecule has 3 heteroatoms. The van der Waals surface area contributed by atoms with E-state index in [0.717, 1.165) is 19.7 Å². The van der Waals surface area contributed by atoms with Crippen molar-refractivity contribution in [3.8, 4) is 0 Å². The Hall–Kier alpha value is -0.120. The molecule has 1 heterocycles. The van der Waals surface area contributed by atoms with E-state index in [-0.39, 0.29) is 5.54 Å². The van der Waals surface area contributed by atoms with Crippen molar-refractivity contribution in [2.24, 2.45) is 0 Å². The quantitative estimate of drug-likeness (QED) is 0.754. The van der Waals surface area contributed by atoms with E-state index in [2.05, 4.69) is 38.3 Å². The van der Waals surface area contributed by atoms with Gasteiger partial charge in [-0.05, 0) is 47.0 Å². The van der Waals surface area contributed by atoms with Crippen molar-refractivity contribution >= 4 is 0 Å². The van der Waals surface area contributed by atoms with Gasteiger partial charge in [0.1, 0.15) is 0 Å². The molecule has 0 aliphatic carbocycles. The third kappa shape index (κ3) is 6.46. The summed E-state index contributed by atoms with van der Waals surface area (Å²) in [6, 6.07) is 0.504. The van der Waals surface area contributed by atoms with E-state index in [9.17, 15) is 0 Å². The van der Waals surface area contributed by atoms with Crippen LogP contribution in [-0.2, 0) is 4.74 Å². The first-order chi connectivity index (χ1) is 7.47. The van der Waals surface area contributed by atoms with Gasteiger partial charge in [0.25, 0.3) is 0 Å². The molecule has 0 aromatic carbocycles. The average Bonchev–Trinajstić information content (AvgIpc) is 2.24. The summed E-state index contributed by atoms with van der Waals surface area (Å²) < 4.78 is 5.69. The van der Waals surface area contributed by atoms with Gasteiger partial charge >= 0.3 is 0 Å². The standard InChI is InChI=1S/C13H28N2O/c1-11(9-15-13(2,3)4)14-10-12-7-5-6-8-16-12/h11-12,14-15H,5-10H2,1-4H3. The van der Waals surface area contributed by atoms with Gasteiger partial charge in [-0.15, -0.1) is 0 Å². The van der Waals surface area contributed by atoms with Crippen molar-refractivity contribution in [1.82, 2.24) is 10.6 Å². The van der Waals surface area contributed by atoms with Crippen molar-refractivity contribution in [3.63, 3.8) is 0 Å². The van der Waals surface area contributed by atoms with Crippen LogP contribution in [0.3, 0.4) is 0 Å². The number of ether oxygens (including phenoxy) is 1. The van der Waals surface area contributed by atoms with Gasteiger partial charge in [-0.2, -0.15) is 0 Å². The van der Waals surface area contributed by atoms with Crippen LogP contribution in [0.4, 0.5) is 0 Å². The molecule has 1 saturated heterocycles. The molecule has 96 valence electrons. The van der Waals surface area contributed by atoms with Crippen molar-refractivity contribution < 1.29 is 4.74 Å². The van der Waals surface area contributed by atoms with E-state index in [4.69, 9.17) is 4.74 Å². The van der Waals surface area contributed by atoms with Crippen LogP contribution in [-0.4, -0.2) is 37.4 Å². The Kier molecular flexibility index (Phi) is 5.73. The highest BCUT2D eigenvalue weighted by atomic mass is 16.5. The fourth-order valence-electron chi connectivity index (χ4n) is 1.83. The summed E-state index contributed by atoms with van der Waals surface area (Å²) >= 11 is 0. The van der Waals surface area contributed by atoms with Gasteiger partial charge in [0.05, 0.1) is 6.10 Å². The predicted molar refractivity (Wildman–Crippen MR) is 68.8 cm³/mol. The lowest BCUT2D eigenvalue weighted by Gasteiger charge is -2.27. The highest BCUT2D eigenvalue weighted by Gasteiger charge is 2.15. The largest absolute Gasteiger partial charge is 0.377 e. The third-order valence-corrected chi connectivity index (χ3v) is 2.91. The van der Waals surface area contributed by atoms with E-state index in [1.165, 1.54) is 19.3 Å². The Morgan fingerprint density at radius 3 is 2.62 bits per heavy atom. The second-order valence-electron chi connectivity index (χ2n) is 5.93. The molecule has 16 heavy (non-hydrogen) atoms. The molecular weight excluding hydrogens is 200 g/mol. The highest BCUT2D eigenvalue weighted by Crippen LogP contribution is 2.11. The molecular formula is C13H28N2O. The summed E-state index contributed by atoms with van der Waals surface area (Å²) in [5, 5.41) is 7.04. The van der Waals surface area contributed by atoms with Crippen LogP contribution in [0, 0.1) is 0 Å². The summed E-state index contributed by atoms with van der Waals surface area (Å²) in [7, 11) is 0. The molecule has 1 fully saturated rings. The lowest BCUT2D eigenvalue weighted by Crippen LogP contribution is -2.46. The Balaban J connectivity index is 2.07. The molecule has 3 nitrogen and oxygen atoms in total. The maximum Gasteiger partial charge on any atom is 0.0699 e.